The molecule has 2 heterocycles. The quantitative estimate of drug-likeness (QED) is 0.216. The van der Waals surface area contributed by atoms with E-state index in [1.807, 2.05) is 27.8 Å². The minimum atomic E-state index is -0.163. The molecule has 0 amide bonds. The summed E-state index contributed by atoms with van der Waals surface area (Å²) in [6.07, 6.45) is 6.48. The maximum Gasteiger partial charge on any atom is 0.306 e. The van der Waals surface area contributed by atoms with Crippen LogP contribution >= 0.6 is 21.6 Å². The molecular formula is C30H39N2O4S2+. The highest BCUT2D eigenvalue weighted by Crippen LogP contribution is 2.40. The Morgan fingerprint density at radius 3 is 2.50 bits per heavy atom. The van der Waals surface area contributed by atoms with Gasteiger partial charge in [-0.05, 0) is 44.0 Å². The topological polar surface area (TPSA) is 73.0 Å². The second-order valence-electron chi connectivity index (χ2n) is 10.1. The number of fused-ring (bicyclic) bond motifs is 1. The summed E-state index contributed by atoms with van der Waals surface area (Å²) in [5, 5.41) is 18.7. The number of allylic oxidation sites excluding steroid dienone is 1. The Kier molecular flexibility index (Phi) is 10.4. The number of aliphatic hydroxyl groups is 2. The lowest BCUT2D eigenvalue weighted by Gasteiger charge is -2.22. The average Bonchev–Trinajstić information content (AvgIpc) is 3.14. The first kappa shape index (κ1) is 28.7. The number of para-hydroxylation sites is 1. The third-order valence-corrected chi connectivity index (χ3v) is 9.64. The second kappa shape index (κ2) is 13.7. The fourth-order valence-corrected chi connectivity index (χ4v) is 7.48. The summed E-state index contributed by atoms with van der Waals surface area (Å²) >= 11 is 0. The van der Waals surface area contributed by atoms with Crippen LogP contribution in [0, 0.1) is 0 Å². The van der Waals surface area contributed by atoms with Gasteiger partial charge < -0.3 is 19.8 Å². The number of carbonyl (C=O) groups excluding carboxylic acids is 1. The van der Waals surface area contributed by atoms with E-state index >= 15 is 0 Å². The van der Waals surface area contributed by atoms with Gasteiger partial charge in [0.1, 0.15) is 12.6 Å². The Morgan fingerprint density at radius 1 is 1.08 bits per heavy atom. The molecule has 38 heavy (non-hydrogen) atoms. The standard InChI is InChI=1S/C30H39N2O4S2/c1-30(2)26-6-3-4-7-27(26)32(16-5-8-29(35)36-25-15-21-37-38-22-25)28(30)14-11-23-9-12-24(13-10-23)31(17-19-33)18-20-34/h3-4,6-7,9-14,25,33-34H,5,8,15-22H2,1-2H3/q+1. The first-order valence-electron chi connectivity index (χ1n) is 13.4. The molecule has 6 nitrogen and oxygen atoms in total. The molecule has 0 aliphatic carbocycles. The lowest BCUT2D eigenvalue weighted by molar-refractivity contribution is -0.438. The summed E-state index contributed by atoms with van der Waals surface area (Å²) in [6, 6.07) is 16.7. The molecule has 0 radical (unpaired) electrons. The van der Waals surface area contributed by atoms with Gasteiger partial charge >= 0.3 is 5.97 Å². The molecule has 204 valence electrons. The van der Waals surface area contributed by atoms with Gasteiger partial charge in [0.05, 0.1) is 25.0 Å². The molecule has 2 aliphatic rings. The van der Waals surface area contributed by atoms with Crippen molar-refractivity contribution in [3.8, 4) is 0 Å². The summed E-state index contributed by atoms with van der Waals surface area (Å²) in [6.45, 7) is 6.32. The molecule has 1 unspecified atom stereocenters. The number of hydrogen-bond acceptors (Lipinski definition) is 7. The van der Waals surface area contributed by atoms with Gasteiger partial charge in [0.15, 0.2) is 5.71 Å². The van der Waals surface area contributed by atoms with E-state index < -0.39 is 0 Å². The Hall–Kier alpha value is -2.26. The van der Waals surface area contributed by atoms with E-state index in [0.717, 1.165) is 42.1 Å². The maximum absolute atomic E-state index is 12.5. The Morgan fingerprint density at radius 2 is 1.82 bits per heavy atom. The van der Waals surface area contributed by atoms with Crippen LogP contribution in [0.25, 0.3) is 6.08 Å². The molecule has 8 heteroatoms. The van der Waals surface area contributed by atoms with Crippen molar-refractivity contribution in [2.45, 2.75) is 44.6 Å². The van der Waals surface area contributed by atoms with Gasteiger partial charge in [-0.2, -0.15) is 4.58 Å². The van der Waals surface area contributed by atoms with E-state index in [-0.39, 0.29) is 30.7 Å². The molecule has 1 saturated heterocycles. The summed E-state index contributed by atoms with van der Waals surface area (Å²) in [7, 11) is 3.64. The zero-order valence-corrected chi connectivity index (χ0v) is 24.0. The Bertz CT molecular complexity index is 1140. The zero-order chi connectivity index (χ0) is 27.0. The monoisotopic (exact) mass is 555 g/mol. The molecule has 2 aromatic carbocycles. The van der Waals surface area contributed by atoms with Crippen molar-refractivity contribution in [3.05, 3.63) is 65.7 Å². The number of carbonyl (C=O) groups is 1. The van der Waals surface area contributed by atoms with E-state index in [4.69, 9.17) is 4.74 Å². The maximum atomic E-state index is 12.5. The Balaban J connectivity index is 1.49. The fraction of sp³-hybridized carbons (Fsp3) is 0.467. The van der Waals surface area contributed by atoms with E-state index in [1.54, 1.807) is 10.8 Å². The van der Waals surface area contributed by atoms with Crippen molar-refractivity contribution in [1.29, 1.82) is 0 Å². The minimum Gasteiger partial charge on any atom is -0.461 e. The number of benzene rings is 2. The summed E-state index contributed by atoms with van der Waals surface area (Å²) < 4.78 is 8.06. The van der Waals surface area contributed by atoms with Crippen LogP contribution in [0.2, 0.25) is 0 Å². The molecule has 0 aromatic heterocycles. The van der Waals surface area contributed by atoms with Crippen molar-refractivity contribution in [2.75, 3.05) is 49.3 Å². The van der Waals surface area contributed by atoms with Crippen molar-refractivity contribution in [2.24, 2.45) is 0 Å². The highest BCUT2D eigenvalue weighted by molar-refractivity contribution is 8.76. The fourth-order valence-electron chi connectivity index (χ4n) is 5.13. The molecule has 0 bridgehead atoms. The van der Waals surface area contributed by atoms with Crippen LogP contribution in [0.15, 0.2) is 54.6 Å². The molecule has 0 saturated carbocycles. The lowest BCUT2D eigenvalue weighted by atomic mass is 9.81. The molecular weight excluding hydrogens is 516 g/mol. The number of aliphatic hydroxyl groups excluding tert-OH is 2. The highest BCUT2D eigenvalue weighted by atomic mass is 33.1. The SMILES string of the molecule is CC1(C)C(/C=C/c2ccc(N(CCO)CCO)cc2)=[N+](CCCC(=O)OC2CCSSC2)c2ccccc21. The third-order valence-electron chi connectivity index (χ3n) is 7.15. The molecule has 2 aliphatic heterocycles. The summed E-state index contributed by atoms with van der Waals surface area (Å²) in [5.41, 5.74) is 5.59. The van der Waals surface area contributed by atoms with Gasteiger partial charge in [-0.25, -0.2) is 0 Å². The van der Waals surface area contributed by atoms with Crippen molar-refractivity contribution < 1.29 is 24.3 Å². The van der Waals surface area contributed by atoms with E-state index in [0.29, 0.717) is 19.5 Å². The number of rotatable bonds is 12. The van der Waals surface area contributed by atoms with Crippen LogP contribution in [-0.4, -0.2) is 76.9 Å². The molecule has 1 fully saturated rings. The van der Waals surface area contributed by atoms with Gasteiger partial charge in [0.2, 0.25) is 5.69 Å². The first-order valence-corrected chi connectivity index (χ1v) is 15.9. The van der Waals surface area contributed by atoms with Crippen molar-refractivity contribution in [1.82, 2.24) is 0 Å². The van der Waals surface area contributed by atoms with E-state index in [1.165, 1.54) is 17.0 Å². The number of ether oxygens (including phenoxy) is 1. The minimum absolute atomic E-state index is 0.0436. The smallest absolute Gasteiger partial charge is 0.306 e. The van der Waals surface area contributed by atoms with Crippen LogP contribution < -0.4 is 4.90 Å². The third kappa shape index (κ3) is 7.03. The zero-order valence-electron chi connectivity index (χ0n) is 22.3. The van der Waals surface area contributed by atoms with Gasteiger partial charge in [-0.15, -0.1) is 0 Å². The predicted octanol–water partition coefficient (Wildman–Crippen LogP) is 5.04. The van der Waals surface area contributed by atoms with Crippen LogP contribution in [0.3, 0.4) is 0 Å². The summed E-state index contributed by atoms with van der Waals surface area (Å²) in [4.78, 5) is 14.5. The predicted molar refractivity (Wildman–Crippen MR) is 160 cm³/mol. The van der Waals surface area contributed by atoms with Crippen LogP contribution in [0.4, 0.5) is 11.4 Å². The van der Waals surface area contributed by atoms with Crippen LogP contribution in [-0.2, 0) is 14.9 Å². The Labute approximate surface area is 234 Å². The second-order valence-corrected chi connectivity index (χ2v) is 12.8. The van der Waals surface area contributed by atoms with Gasteiger partial charge in [-0.3, -0.25) is 4.79 Å². The van der Waals surface area contributed by atoms with Crippen LogP contribution in [0.5, 0.6) is 0 Å². The average molecular weight is 556 g/mol. The van der Waals surface area contributed by atoms with Crippen LogP contribution in [0.1, 0.15) is 44.2 Å². The van der Waals surface area contributed by atoms with Crippen molar-refractivity contribution in [3.63, 3.8) is 0 Å². The van der Waals surface area contributed by atoms with Gasteiger partial charge in [0.25, 0.3) is 0 Å². The first-order chi connectivity index (χ1) is 18.4. The normalized spacial score (nSPS) is 18.6. The lowest BCUT2D eigenvalue weighted by Crippen LogP contribution is -2.29. The van der Waals surface area contributed by atoms with Gasteiger partial charge in [0, 0.05) is 54.4 Å². The molecule has 2 N–H and O–H groups in total. The van der Waals surface area contributed by atoms with E-state index in [9.17, 15) is 15.0 Å². The summed E-state index contributed by atoms with van der Waals surface area (Å²) in [5.74, 6) is 1.83. The van der Waals surface area contributed by atoms with Gasteiger partial charge in [-0.1, -0.05) is 51.9 Å². The number of anilines is 1. The highest BCUT2D eigenvalue weighted by Gasteiger charge is 2.43. The number of hydrogen-bond donors (Lipinski definition) is 2. The molecule has 2 aromatic rings. The largest absolute Gasteiger partial charge is 0.461 e. The molecule has 0 spiro atoms. The number of nitrogens with zero attached hydrogens (tertiary/aromatic N) is 2. The molecule has 4 rings (SSSR count). The van der Waals surface area contributed by atoms with Crippen molar-refractivity contribution >= 4 is 50.7 Å². The molecule has 1 atom stereocenters. The number of esters is 1. The van der Waals surface area contributed by atoms with E-state index in [2.05, 4.69) is 67.0 Å².